The summed E-state index contributed by atoms with van der Waals surface area (Å²) in [7, 11) is 0. The number of nitrogens with zero attached hydrogens (tertiary/aromatic N) is 1. The van der Waals surface area contributed by atoms with Crippen molar-refractivity contribution in [2.24, 2.45) is 0 Å². The Morgan fingerprint density at radius 3 is 2.30 bits per heavy atom. The molecule has 1 heterocycles. The highest BCUT2D eigenvalue weighted by Crippen LogP contribution is 2.28. The number of thiazole rings is 1. The van der Waals surface area contributed by atoms with E-state index in [0.717, 1.165) is 33.5 Å². The number of hydrogen-bond donors (Lipinski definition) is 1. The summed E-state index contributed by atoms with van der Waals surface area (Å²) in [5.74, 6) is 1.94. The van der Waals surface area contributed by atoms with Crippen molar-refractivity contribution in [3.8, 4) is 28.5 Å². The smallest absolute Gasteiger partial charge is 0.264 e. The third-order valence-electron chi connectivity index (χ3n) is 4.97. The van der Waals surface area contributed by atoms with Gasteiger partial charge in [-0.15, -0.1) is 11.3 Å². The first-order valence-corrected chi connectivity index (χ1v) is 11.3. The molecule has 33 heavy (non-hydrogen) atoms. The molecule has 6 heteroatoms. The van der Waals surface area contributed by atoms with Crippen LogP contribution in [0.25, 0.3) is 22.0 Å². The molecule has 0 saturated carbocycles. The molecule has 5 nitrogen and oxygen atoms in total. The average Bonchev–Trinajstić information content (AvgIpc) is 3.32. The van der Waals surface area contributed by atoms with E-state index in [2.05, 4.69) is 10.3 Å². The molecule has 0 aliphatic rings. The van der Waals surface area contributed by atoms with Crippen molar-refractivity contribution >= 4 is 33.1 Å². The molecule has 0 saturated heterocycles. The van der Waals surface area contributed by atoms with Gasteiger partial charge in [0, 0.05) is 10.9 Å². The van der Waals surface area contributed by atoms with E-state index in [1.54, 1.807) is 0 Å². The molecule has 0 atom stereocenters. The van der Waals surface area contributed by atoms with Gasteiger partial charge in [-0.2, -0.15) is 0 Å². The number of hydrogen-bond acceptors (Lipinski definition) is 5. The third-order valence-corrected chi connectivity index (χ3v) is 5.73. The lowest BCUT2D eigenvalue weighted by Gasteiger charge is -2.07. The lowest BCUT2D eigenvalue weighted by Crippen LogP contribution is -2.20. The summed E-state index contributed by atoms with van der Waals surface area (Å²) in [4.78, 5) is 16.8. The molecule has 1 N–H and O–H groups in total. The summed E-state index contributed by atoms with van der Waals surface area (Å²) in [6, 6.07) is 31.1. The topological polar surface area (TPSA) is 60.5 Å². The van der Waals surface area contributed by atoms with Gasteiger partial charge in [-0.05, 0) is 59.3 Å². The first-order chi connectivity index (χ1) is 16.2. The second-order valence-electron chi connectivity index (χ2n) is 7.32. The minimum absolute atomic E-state index is 0.0845. The van der Waals surface area contributed by atoms with Crippen LogP contribution < -0.4 is 14.8 Å². The first-order valence-electron chi connectivity index (χ1n) is 10.4. The SMILES string of the molecule is O=C(COc1ccc2ccccc2c1)Nc1nc(-c2ccc(Oc3ccccc3)cc2)cs1. The predicted octanol–water partition coefficient (Wildman–Crippen LogP) is 6.77. The zero-order valence-corrected chi connectivity index (χ0v) is 18.4. The lowest BCUT2D eigenvalue weighted by atomic mass is 10.1. The van der Waals surface area contributed by atoms with Crippen molar-refractivity contribution in [3.05, 3.63) is 102 Å². The maximum absolute atomic E-state index is 12.3. The van der Waals surface area contributed by atoms with Crippen LogP contribution >= 0.6 is 11.3 Å². The van der Waals surface area contributed by atoms with Crippen molar-refractivity contribution in [2.45, 2.75) is 0 Å². The molecule has 5 aromatic rings. The Morgan fingerprint density at radius 2 is 1.48 bits per heavy atom. The van der Waals surface area contributed by atoms with Gasteiger partial charge in [0.2, 0.25) is 0 Å². The number of amides is 1. The van der Waals surface area contributed by atoms with Gasteiger partial charge >= 0.3 is 0 Å². The van der Waals surface area contributed by atoms with E-state index in [9.17, 15) is 4.79 Å². The quantitative estimate of drug-likeness (QED) is 0.296. The van der Waals surface area contributed by atoms with Crippen LogP contribution in [0.3, 0.4) is 0 Å². The van der Waals surface area contributed by atoms with Gasteiger partial charge < -0.3 is 9.47 Å². The molecule has 1 amide bonds. The van der Waals surface area contributed by atoms with Crippen LogP contribution in [-0.4, -0.2) is 17.5 Å². The number of carbonyl (C=O) groups excluding carboxylic acids is 1. The van der Waals surface area contributed by atoms with Gasteiger partial charge in [-0.3, -0.25) is 10.1 Å². The minimum Gasteiger partial charge on any atom is -0.484 e. The van der Waals surface area contributed by atoms with Gasteiger partial charge in [-0.1, -0.05) is 48.5 Å². The van der Waals surface area contributed by atoms with Crippen LogP contribution in [0.1, 0.15) is 0 Å². The maximum atomic E-state index is 12.3. The van der Waals surface area contributed by atoms with Crippen LogP contribution in [0.5, 0.6) is 17.2 Å². The second kappa shape index (κ2) is 9.54. The molecule has 0 fully saturated rings. The lowest BCUT2D eigenvalue weighted by molar-refractivity contribution is -0.118. The number of ether oxygens (including phenoxy) is 2. The molecule has 0 radical (unpaired) electrons. The molecule has 0 unspecified atom stereocenters. The van der Waals surface area contributed by atoms with Gasteiger partial charge in [-0.25, -0.2) is 4.98 Å². The number of para-hydroxylation sites is 1. The van der Waals surface area contributed by atoms with Crippen molar-refractivity contribution in [3.63, 3.8) is 0 Å². The van der Waals surface area contributed by atoms with Crippen molar-refractivity contribution in [1.29, 1.82) is 0 Å². The molecule has 0 bridgehead atoms. The summed E-state index contributed by atoms with van der Waals surface area (Å²) in [5, 5.41) is 7.44. The highest BCUT2D eigenvalue weighted by atomic mass is 32.1. The highest BCUT2D eigenvalue weighted by molar-refractivity contribution is 7.14. The van der Waals surface area contributed by atoms with E-state index in [-0.39, 0.29) is 12.5 Å². The van der Waals surface area contributed by atoms with Crippen LogP contribution in [0.15, 0.2) is 102 Å². The average molecular weight is 453 g/mol. The van der Waals surface area contributed by atoms with Gasteiger partial charge in [0.15, 0.2) is 11.7 Å². The van der Waals surface area contributed by atoms with Crippen LogP contribution in [-0.2, 0) is 4.79 Å². The van der Waals surface area contributed by atoms with E-state index in [1.807, 2.05) is 102 Å². The van der Waals surface area contributed by atoms with Crippen molar-refractivity contribution in [1.82, 2.24) is 4.98 Å². The Labute approximate surface area is 195 Å². The Balaban J connectivity index is 1.17. The summed E-state index contributed by atoms with van der Waals surface area (Å²) in [5.41, 5.74) is 1.73. The fourth-order valence-corrected chi connectivity index (χ4v) is 4.08. The van der Waals surface area contributed by atoms with Gasteiger partial charge in [0.05, 0.1) is 5.69 Å². The van der Waals surface area contributed by atoms with E-state index in [1.165, 1.54) is 11.3 Å². The van der Waals surface area contributed by atoms with Crippen molar-refractivity contribution < 1.29 is 14.3 Å². The molecule has 4 aromatic carbocycles. The summed E-state index contributed by atoms with van der Waals surface area (Å²) < 4.78 is 11.5. The Hall–Kier alpha value is -4.16. The van der Waals surface area contributed by atoms with E-state index < -0.39 is 0 Å². The third kappa shape index (κ3) is 5.19. The molecule has 0 aliphatic carbocycles. The predicted molar refractivity (Wildman–Crippen MR) is 132 cm³/mol. The molecular weight excluding hydrogens is 432 g/mol. The fraction of sp³-hybridized carbons (Fsp3) is 0.0370. The van der Waals surface area contributed by atoms with E-state index in [4.69, 9.17) is 9.47 Å². The summed E-state index contributed by atoms with van der Waals surface area (Å²) >= 11 is 1.37. The summed E-state index contributed by atoms with van der Waals surface area (Å²) in [6.07, 6.45) is 0. The zero-order chi connectivity index (χ0) is 22.5. The number of aromatic nitrogens is 1. The second-order valence-corrected chi connectivity index (χ2v) is 8.18. The monoisotopic (exact) mass is 452 g/mol. The minimum atomic E-state index is -0.254. The molecule has 162 valence electrons. The van der Waals surface area contributed by atoms with Crippen LogP contribution in [0.2, 0.25) is 0 Å². The van der Waals surface area contributed by atoms with Gasteiger partial charge in [0.25, 0.3) is 5.91 Å². The number of fused-ring (bicyclic) bond motifs is 1. The number of anilines is 1. The largest absolute Gasteiger partial charge is 0.484 e. The Kier molecular flexibility index (Phi) is 5.99. The number of carbonyl (C=O) groups is 1. The molecule has 0 spiro atoms. The summed E-state index contributed by atoms with van der Waals surface area (Å²) in [6.45, 7) is -0.0845. The zero-order valence-electron chi connectivity index (χ0n) is 17.6. The van der Waals surface area contributed by atoms with Crippen molar-refractivity contribution in [2.75, 3.05) is 11.9 Å². The van der Waals surface area contributed by atoms with Crippen LogP contribution in [0.4, 0.5) is 5.13 Å². The highest BCUT2D eigenvalue weighted by Gasteiger charge is 2.10. The molecular formula is C27H20N2O3S. The normalized spacial score (nSPS) is 10.7. The molecule has 5 rings (SSSR count). The maximum Gasteiger partial charge on any atom is 0.264 e. The molecule has 1 aromatic heterocycles. The molecule has 0 aliphatic heterocycles. The van der Waals surface area contributed by atoms with E-state index in [0.29, 0.717) is 10.9 Å². The standard InChI is InChI=1S/C27H20N2O3S/c30-26(17-31-24-15-10-19-6-4-5-7-21(19)16-24)29-27-28-25(18-33-27)20-11-13-23(14-12-20)32-22-8-2-1-3-9-22/h1-16,18H,17H2,(H,28,29,30). The number of rotatable bonds is 7. The number of nitrogens with one attached hydrogen (secondary N) is 1. The Bertz CT molecular complexity index is 1380. The van der Waals surface area contributed by atoms with E-state index >= 15 is 0 Å². The van der Waals surface area contributed by atoms with Gasteiger partial charge in [0.1, 0.15) is 17.2 Å². The van der Waals surface area contributed by atoms with Crippen LogP contribution in [0, 0.1) is 0 Å². The first kappa shape index (κ1) is 20.7. The Morgan fingerprint density at radius 1 is 0.788 bits per heavy atom. The number of benzene rings is 4. The fourth-order valence-electron chi connectivity index (χ4n) is 3.34.